The monoisotopic (exact) mass is 543 g/mol. The Morgan fingerprint density at radius 1 is 0.488 bits per heavy atom. The summed E-state index contributed by atoms with van der Waals surface area (Å²) in [6.45, 7) is 0. The van der Waals surface area contributed by atoms with Gasteiger partial charge in [-0.15, -0.1) is 0 Å². The highest BCUT2D eigenvalue weighted by atomic mass is 32.2. The number of anilines is 3. The predicted octanol–water partition coefficient (Wildman–Crippen LogP) is 11.4. The normalized spacial score (nSPS) is 12.0. The van der Waals surface area contributed by atoms with Crippen LogP contribution in [-0.4, -0.2) is 0 Å². The van der Waals surface area contributed by atoms with Crippen LogP contribution in [0.3, 0.4) is 0 Å². The fourth-order valence-corrected chi connectivity index (χ4v) is 6.77. The Kier molecular flexibility index (Phi) is 5.75. The number of fused-ring (bicyclic) bond motifs is 4. The second kappa shape index (κ2) is 9.88. The van der Waals surface area contributed by atoms with Crippen molar-refractivity contribution in [2.24, 2.45) is 0 Å². The third kappa shape index (κ3) is 4.14. The van der Waals surface area contributed by atoms with Crippen LogP contribution in [0.25, 0.3) is 32.7 Å². The Morgan fingerprint density at radius 2 is 1.10 bits per heavy atom. The Balaban J connectivity index is 1.28. The van der Waals surface area contributed by atoms with Gasteiger partial charge in [-0.2, -0.15) is 0 Å². The van der Waals surface area contributed by atoms with E-state index >= 15 is 0 Å². The van der Waals surface area contributed by atoms with Gasteiger partial charge in [0.05, 0.1) is 15.5 Å². The van der Waals surface area contributed by atoms with Crippen molar-refractivity contribution >= 4 is 50.4 Å². The van der Waals surface area contributed by atoms with Crippen molar-refractivity contribution < 1.29 is 4.74 Å². The number of para-hydroxylation sites is 3. The van der Waals surface area contributed by atoms with E-state index in [0.717, 1.165) is 43.8 Å². The first kappa shape index (κ1) is 23.9. The largest absolute Gasteiger partial charge is 0.454 e. The van der Waals surface area contributed by atoms with Gasteiger partial charge in [-0.25, -0.2) is 0 Å². The van der Waals surface area contributed by atoms with E-state index in [1.165, 1.54) is 27.2 Å². The van der Waals surface area contributed by atoms with Crippen LogP contribution in [0, 0.1) is 0 Å². The predicted molar refractivity (Wildman–Crippen MR) is 172 cm³/mol. The number of nitrogens with zero attached hydrogens (tertiary/aromatic N) is 1. The first-order valence-electron chi connectivity index (χ1n) is 13.8. The number of hydrogen-bond acceptors (Lipinski definition) is 3. The fourth-order valence-electron chi connectivity index (χ4n) is 5.78. The SMILES string of the molecule is c1ccc(N(c2ccc(-c3cccc4c3Oc3ccccc3S4)cc2)c2c3ccccc3cc3ccccc23)cc1. The average molecular weight is 544 g/mol. The third-order valence-electron chi connectivity index (χ3n) is 7.68. The summed E-state index contributed by atoms with van der Waals surface area (Å²) >= 11 is 1.76. The Bertz CT molecular complexity index is 2000. The molecule has 0 radical (unpaired) electrons. The van der Waals surface area contributed by atoms with E-state index in [9.17, 15) is 0 Å². The lowest BCUT2D eigenvalue weighted by Gasteiger charge is -2.28. The minimum Gasteiger partial charge on any atom is -0.454 e. The van der Waals surface area contributed by atoms with Gasteiger partial charge >= 0.3 is 0 Å². The van der Waals surface area contributed by atoms with Crippen LogP contribution in [0.15, 0.2) is 161 Å². The lowest BCUT2D eigenvalue weighted by atomic mass is 9.98. The standard InChI is InChI=1S/C38H25NOS/c1-2-13-29(14-3-1)39(37-31-15-6-4-11-27(31)25-28-12-5-7-16-32(28)37)30-23-21-26(22-24-30)33-17-10-20-36-38(33)40-34-18-8-9-19-35(34)41-36/h1-25H. The van der Waals surface area contributed by atoms with E-state index < -0.39 is 0 Å². The van der Waals surface area contributed by atoms with E-state index in [1.807, 2.05) is 12.1 Å². The topological polar surface area (TPSA) is 12.5 Å². The zero-order valence-electron chi connectivity index (χ0n) is 22.2. The van der Waals surface area contributed by atoms with Crippen molar-refractivity contribution in [2.45, 2.75) is 9.79 Å². The third-order valence-corrected chi connectivity index (χ3v) is 8.78. The Hall–Kier alpha value is -4.99. The van der Waals surface area contributed by atoms with Crippen molar-refractivity contribution in [2.75, 3.05) is 4.90 Å². The number of hydrogen-bond donors (Lipinski definition) is 0. The minimum absolute atomic E-state index is 0.909. The fraction of sp³-hybridized carbons (Fsp3) is 0. The van der Waals surface area contributed by atoms with Crippen LogP contribution < -0.4 is 9.64 Å². The Labute approximate surface area is 243 Å². The van der Waals surface area contributed by atoms with Crippen molar-refractivity contribution in [3.63, 3.8) is 0 Å². The molecule has 2 nitrogen and oxygen atoms in total. The summed E-state index contributed by atoms with van der Waals surface area (Å²) in [5.41, 5.74) is 5.63. The molecule has 0 saturated carbocycles. The lowest BCUT2D eigenvalue weighted by molar-refractivity contribution is 0.456. The number of benzene rings is 7. The van der Waals surface area contributed by atoms with Crippen LogP contribution >= 0.6 is 11.8 Å². The van der Waals surface area contributed by atoms with Crippen LogP contribution in [-0.2, 0) is 0 Å². The van der Waals surface area contributed by atoms with Gasteiger partial charge in [0.15, 0.2) is 0 Å². The van der Waals surface area contributed by atoms with Gasteiger partial charge in [0.25, 0.3) is 0 Å². The molecule has 0 spiro atoms. The van der Waals surface area contributed by atoms with Gasteiger partial charge in [0.1, 0.15) is 11.5 Å². The smallest absolute Gasteiger partial charge is 0.149 e. The van der Waals surface area contributed by atoms with Crippen molar-refractivity contribution in [3.8, 4) is 22.6 Å². The molecule has 1 aliphatic rings. The second-order valence-electron chi connectivity index (χ2n) is 10.2. The van der Waals surface area contributed by atoms with Crippen molar-refractivity contribution in [1.29, 1.82) is 0 Å². The van der Waals surface area contributed by atoms with Crippen LogP contribution in [0.4, 0.5) is 17.1 Å². The van der Waals surface area contributed by atoms with Gasteiger partial charge < -0.3 is 9.64 Å². The minimum atomic E-state index is 0.909. The first-order valence-corrected chi connectivity index (χ1v) is 14.6. The number of rotatable bonds is 4. The summed E-state index contributed by atoms with van der Waals surface area (Å²) < 4.78 is 6.44. The molecule has 0 atom stereocenters. The highest BCUT2D eigenvalue weighted by molar-refractivity contribution is 7.99. The van der Waals surface area contributed by atoms with E-state index in [-0.39, 0.29) is 0 Å². The number of ether oxygens (including phenoxy) is 1. The molecule has 0 aliphatic carbocycles. The maximum Gasteiger partial charge on any atom is 0.149 e. The first-order chi connectivity index (χ1) is 20.3. The molecule has 0 unspecified atom stereocenters. The van der Waals surface area contributed by atoms with Crippen LogP contribution in [0.1, 0.15) is 0 Å². The van der Waals surface area contributed by atoms with Crippen molar-refractivity contribution in [3.05, 3.63) is 152 Å². The molecule has 194 valence electrons. The van der Waals surface area contributed by atoms with Gasteiger partial charge in [-0.1, -0.05) is 115 Å². The van der Waals surface area contributed by atoms with E-state index in [2.05, 4.69) is 144 Å². The molecule has 7 aromatic carbocycles. The molecule has 0 saturated heterocycles. The van der Waals surface area contributed by atoms with E-state index in [0.29, 0.717) is 0 Å². The molecule has 1 heterocycles. The van der Waals surface area contributed by atoms with Gasteiger partial charge in [-0.05, 0) is 64.9 Å². The molecule has 8 rings (SSSR count). The molecular weight excluding hydrogens is 518 g/mol. The van der Waals surface area contributed by atoms with E-state index in [1.54, 1.807) is 11.8 Å². The molecule has 0 N–H and O–H groups in total. The highest BCUT2D eigenvalue weighted by Crippen LogP contribution is 2.51. The quantitative estimate of drug-likeness (QED) is 0.205. The maximum atomic E-state index is 6.44. The average Bonchev–Trinajstić information content (AvgIpc) is 3.04. The van der Waals surface area contributed by atoms with Gasteiger partial charge in [0.2, 0.25) is 0 Å². The second-order valence-corrected chi connectivity index (χ2v) is 11.3. The molecular formula is C38H25NOS. The van der Waals surface area contributed by atoms with Crippen molar-refractivity contribution in [1.82, 2.24) is 0 Å². The van der Waals surface area contributed by atoms with Gasteiger partial charge in [0, 0.05) is 27.7 Å². The van der Waals surface area contributed by atoms with Gasteiger partial charge in [-0.3, -0.25) is 0 Å². The van der Waals surface area contributed by atoms with E-state index in [4.69, 9.17) is 4.74 Å². The summed E-state index contributed by atoms with van der Waals surface area (Å²) in [6, 6.07) is 53.8. The zero-order valence-corrected chi connectivity index (χ0v) is 23.0. The molecule has 0 fully saturated rings. The highest BCUT2D eigenvalue weighted by Gasteiger charge is 2.22. The summed E-state index contributed by atoms with van der Waals surface area (Å²) in [7, 11) is 0. The molecule has 41 heavy (non-hydrogen) atoms. The Morgan fingerprint density at radius 3 is 1.85 bits per heavy atom. The summed E-state index contributed by atoms with van der Waals surface area (Å²) in [4.78, 5) is 4.67. The molecule has 0 bridgehead atoms. The molecule has 0 aromatic heterocycles. The molecule has 1 aliphatic heterocycles. The van der Waals surface area contributed by atoms with Crippen LogP contribution in [0.2, 0.25) is 0 Å². The summed E-state index contributed by atoms with van der Waals surface area (Å²) in [5, 5.41) is 4.90. The zero-order chi connectivity index (χ0) is 27.2. The molecule has 3 heteroatoms. The maximum absolute atomic E-state index is 6.44. The molecule has 7 aromatic rings. The summed E-state index contributed by atoms with van der Waals surface area (Å²) in [5.74, 6) is 1.83. The summed E-state index contributed by atoms with van der Waals surface area (Å²) in [6.07, 6.45) is 0. The molecule has 0 amide bonds. The van der Waals surface area contributed by atoms with Crippen LogP contribution in [0.5, 0.6) is 11.5 Å². The lowest BCUT2D eigenvalue weighted by Crippen LogP contribution is -2.11.